The summed E-state index contributed by atoms with van der Waals surface area (Å²) in [7, 11) is 0. The van der Waals surface area contributed by atoms with Gasteiger partial charge in [0.2, 0.25) is 5.24 Å². The molecular weight excluding hydrogens is 416 g/mol. The quantitative estimate of drug-likeness (QED) is 0.213. The van der Waals surface area contributed by atoms with Crippen molar-refractivity contribution < 1.29 is 23.9 Å². The highest BCUT2D eigenvalue weighted by atomic mass is 35.5. The van der Waals surface area contributed by atoms with Crippen LogP contribution in [-0.4, -0.2) is 29.4 Å². The summed E-state index contributed by atoms with van der Waals surface area (Å²) < 4.78 is 11.2. The molecule has 1 rings (SSSR count). The number of ether oxygens (including phenoxy) is 2. The molecule has 5 nitrogen and oxygen atoms in total. The van der Waals surface area contributed by atoms with Gasteiger partial charge in [0, 0.05) is 12.8 Å². The molecule has 174 valence electrons. The van der Waals surface area contributed by atoms with Gasteiger partial charge in [0.1, 0.15) is 5.60 Å². The van der Waals surface area contributed by atoms with Crippen LogP contribution in [-0.2, 0) is 30.3 Å². The molecule has 6 heteroatoms. The summed E-state index contributed by atoms with van der Waals surface area (Å²) >= 11 is 5.86. The topological polar surface area (TPSA) is 69.7 Å². The molecule has 0 saturated heterocycles. The normalized spacial score (nSPS) is 13.9. The first-order chi connectivity index (χ1) is 14.4. The maximum atomic E-state index is 12.6. The van der Waals surface area contributed by atoms with Crippen LogP contribution < -0.4 is 0 Å². The van der Waals surface area contributed by atoms with Crippen LogP contribution in [0.25, 0.3) is 0 Å². The first-order valence-electron chi connectivity index (χ1n) is 11.0. The molecule has 31 heavy (non-hydrogen) atoms. The molecule has 0 aromatic heterocycles. The molecule has 0 amide bonds. The van der Waals surface area contributed by atoms with Gasteiger partial charge in [0.05, 0.1) is 17.4 Å². The van der Waals surface area contributed by atoms with Crippen LogP contribution in [0.1, 0.15) is 79.2 Å². The second-order valence-corrected chi connectivity index (χ2v) is 9.79. The maximum Gasteiger partial charge on any atom is 0.311 e. The molecule has 1 atom stereocenters. The summed E-state index contributed by atoms with van der Waals surface area (Å²) in [6.45, 7) is 11.2. The summed E-state index contributed by atoms with van der Waals surface area (Å²) in [5.41, 5.74) is -1.65. The monoisotopic (exact) mass is 452 g/mol. The molecule has 1 aromatic carbocycles. The lowest BCUT2D eigenvalue weighted by atomic mass is 9.73. The Hall–Kier alpha value is -1.88. The van der Waals surface area contributed by atoms with Crippen molar-refractivity contribution in [2.45, 2.75) is 85.7 Å². The molecule has 0 spiro atoms. The summed E-state index contributed by atoms with van der Waals surface area (Å²) in [5.74, 6) is -0.562. The minimum absolute atomic E-state index is 0.195. The van der Waals surface area contributed by atoms with Crippen molar-refractivity contribution >= 4 is 28.8 Å². The van der Waals surface area contributed by atoms with E-state index in [0.29, 0.717) is 25.9 Å². The average molecular weight is 453 g/mol. The molecule has 0 heterocycles. The van der Waals surface area contributed by atoms with Crippen LogP contribution in [0.15, 0.2) is 30.3 Å². The Kier molecular flexibility index (Phi) is 10.2. The van der Waals surface area contributed by atoms with E-state index >= 15 is 0 Å². The molecule has 0 aliphatic carbocycles. The lowest BCUT2D eigenvalue weighted by molar-refractivity contribution is -0.173. The van der Waals surface area contributed by atoms with Crippen molar-refractivity contribution in [2.24, 2.45) is 10.8 Å². The summed E-state index contributed by atoms with van der Waals surface area (Å²) in [6.07, 6.45) is 3.37. The second-order valence-electron chi connectivity index (χ2n) is 9.45. The number of esters is 2. The molecule has 1 unspecified atom stereocenters. The Labute approximate surface area is 191 Å². The predicted molar refractivity (Wildman–Crippen MR) is 123 cm³/mol. The minimum Gasteiger partial charge on any atom is -0.465 e. The largest absolute Gasteiger partial charge is 0.465 e. The van der Waals surface area contributed by atoms with Crippen molar-refractivity contribution in [1.29, 1.82) is 0 Å². The average Bonchev–Trinajstić information content (AvgIpc) is 2.70. The lowest BCUT2D eigenvalue weighted by Gasteiger charge is -2.41. The first-order valence-corrected chi connectivity index (χ1v) is 11.4. The second kappa shape index (κ2) is 11.7. The summed E-state index contributed by atoms with van der Waals surface area (Å²) in [4.78, 5) is 36.6. The zero-order valence-corrected chi connectivity index (χ0v) is 20.5. The first kappa shape index (κ1) is 27.2. The maximum absolute atomic E-state index is 12.6. The van der Waals surface area contributed by atoms with E-state index < -0.39 is 21.7 Å². The lowest BCUT2D eigenvalue weighted by Crippen LogP contribution is -2.50. The van der Waals surface area contributed by atoms with Crippen LogP contribution in [0.5, 0.6) is 0 Å². The Morgan fingerprint density at radius 2 is 1.55 bits per heavy atom. The Bertz CT molecular complexity index is 742. The van der Waals surface area contributed by atoms with Gasteiger partial charge in [0.25, 0.3) is 0 Å². The van der Waals surface area contributed by atoms with Crippen LogP contribution in [0.2, 0.25) is 0 Å². The number of benzene rings is 1. The van der Waals surface area contributed by atoms with E-state index in [1.807, 2.05) is 51.1 Å². The summed E-state index contributed by atoms with van der Waals surface area (Å²) in [6, 6.07) is 9.58. The van der Waals surface area contributed by atoms with Gasteiger partial charge in [-0.2, -0.15) is 0 Å². The predicted octanol–water partition coefficient (Wildman–Crippen LogP) is 5.86. The molecular formula is C25H37ClO5. The van der Waals surface area contributed by atoms with Gasteiger partial charge < -0.3 is 9.47 Å². The van der Waals surface area contributed by atoms with Crippen molar-refractivity contribution in [3.8, 4) is 0 Å². The van der Waals surface area contributed by atoms with E-state index in [9.17, 15) is 14.4 Å². The van der Waals surface area contributed by atoms with E-state index in [1.54, 1.807) is 20.8 Å². The number of rotatable bonds is 13. The summed E-state index contributed by atoms with van der Waals surface area (Å²) in [5, 5.41) is -0.546. The highest BCUT2D eigenvalue weighted by molar-refractivity contribution is 6.64. The third-order valence-corrected chi connectivity index (χ3v) is 6.70. The molecule has 1 aromatic rings. The van der Waals surface area contributed by atoms with E-state index in [1.165, 1.54) is 0 Å². The number of carbonyl (C=O) groups excluding carboxylic acids is 3. The van der Waals surface area contributed by atoms with E-state index in [2.05, 4.69) is 0 Å². The zero-order chi connectivity index (χ0) is 23.7. The molecule has 0 radical (unpaired) electrons. The van der Waals surface area contributed by atoms with Crippen LogP contribution >= 0.6 is 11.6 Å². The fourth-order valence-corrected chi connectivity index (χ4v) is 3.13. The van der Waals surface area contributed by atoms with Crippen LogP contribution in [0, 0.1) is 10.8 Å². The number of hydrogen-bond donors (Lipinski definition) is 0. The van der Waals surface area contributed by atoms with Crippen molar-refractivity contribution in [3.63, 3.8) is 0 Å². The number of unbranched alkanes of at least 4 members (excludes halogenated alkanes) is 2. The fourth-order valence-electron chi connectivity index (χ4n) is 2.93. The van der Waals surface area contributed by atoms with Gasteiger partial charge in [-0.3, -0.25) is 14.4 Å². The van der Waals surface area contributed by atoms with Crippen molar-refractivity contribution in [2.75, 3.05) is 6.61 Å². The van der Waals surface area contributed by atoms with Crippen molar-refractivity contribution in [3.05, 3.63) is 35.9 Å². The molecule has 0 N–H and O–H groups in total. The van der Waals surface area contributed by atoms with Crippen LogP contribution in [0.4, 0.5) is 0 Å². The van der Waals surface area contributed by atoms with Gasteiger partial charge in [-0.1, -0.05) is 37.3 Å². The van der Waals surface area contributed by atoms with Crippen LogP contribution in [0.3, 0.4) is 0 Å². The molecule has 0 bridgehead atoms. The Morgan fingerprint density at radius 3 is 2.10 bits per heavy atom. The van der Waals surface area contributed by atoms with E-state index in [-0.39, 0.29) is 18.4 Å². The van der Waals surface area contributed by atoms with Gasteiger partial charge in [0.15, 0.2) is 0 Å². The minimum atomic E-state index is -1.08. The fraction of sp³-hybridized carbons (Fsp3) is 0.640. The number of halogens is 1. The van der Waals surface area contributed by atoms with Crippen molar-refractivity contribution in [1.82, 2.24) is 0 Å². The smallest absolute Gasteiger partial charge is 0.311 e. The highest BCUT2D eigenvalue weighted by Gasteiger charge is 2.49. The van der Waals surface area contributed by atoms with E-state index in [4.69, 9.17) is 21.1 Å². The zero-order valence-electron chi connectivity index (χ0n) is 19.8. The molecule has 0 fully saturated rings. The number of hydrogen-bond acceptors (Lipinski definition) is 5. The Morgan fingerprint density at radius 1 is 0.935 bits per heavy atom. The molecule has 0 saturated carbocycles. The van der Waals surface area contributed by atoms with Gasteiger partial charge >= 0.3 is 11.9 Å². The Balaban J connectivity index is 2.58. The highest BCUT2D eigenvalue weighted by Crippen LogP contribution is 2.39. The molecule has 0 aliphatic rings. The third kappa shape index (κ3) is 7.95. The third-order valence-electron chi connectivity index (χ3n) is 6.23. The SMILES string of the molecule is CCC(C)(C)C(=O)OCCCCCC(=O)OC(C)(Cc1ccccc1)C(C)(C)C(=O)Cl. The van der Waals surface area contributed by atoms with E-state index in [0.717, 1.165) is 18.4 Å². The van der Waals surface area contributed by atoms with Gasteiger partial charge in [-0.25, -0.2) is 0 Å². The van der Waals surface area contributed by atoms with Gasteiger partial charge in [-0.15, -0.1) is 0 Å². The molecule has 0 aliphatic heterocycles. The number of carbonyl (C=O) groups is 3. The van der Waals surface area contributed by atoms with Gasteiger partial charge in [-0.05, 0) is 77.5 Å². The standard InChI is InChI=1S/C25H37ClO5/c1-7-23(2,3)22(29)30-17-13-9-12-16-20(27)31-25(6,24(4,5)21(26)28)18-19-14-10-8-11-15-19/h8,10-11,14-15H,7,9,12-13,16-18H2,1-6H3.